The van der Waals surface area contributed by atoms with Crippen molar-refractivity contribution in [3.05, 3.63) is 82.4 Å². The Morgan fingerprint density at radius 1 is 1.09 bits per heavy atom. The fourth-order valence-electron chi connectivity index (χ4n) is 3.16. The van der Waals surface area contributed by atoms with Gasteiger partial charge in [0.1, 0.15) is 5.75 Å². The molecule has 0 spiro atoms. The Hall–Kier alpha value is -3.96. The van der Waals surface area contributed by atoms with Gasteiger partial charge in [0.05, 0.1) is 27.5 Å². The van der Waals surface area contributed by atoms with E-state index in [9.17, 15) is 19.7 Å². The molecule has 3 aromatic carbocycles. The third-order valence-electron chi connectivity index (χ3n) is 4.92. The van der Waals surface area contributed by atoms with Crippen LogP contribution in [0.1, 0.15) is 17.3 Å². The molecule has 1 aromatic heterocycles. The summed E-state index contributed by atoms with van der Waals surface area (Å²) in [5.74, 6) is 0.0570. The minimum absolute atomic E-state index is 0.158. The number of benzene rings is 3. The number of thiazole rings is 1. The number of carbonyl (C=O) groups is 2. The number of nitrogens with one attached hydrogen (secondary N) is 2. The molecule has 1 heterocycles. The fraction of sp³-hybridized carbons (Fsp3) is 0.125. The van der Waals surface area contributed by atoms with Crippen LogP contribution in [-0.2, 0) is 4.79 Å². The van der Waals surface area contributed by atoms with Gasteiger partial charge >= 0.3 is 0 Å². The summed E-state index contributed by atoms with van der Waals surface area (Å²) in [6.45, 7) is 1.78. The number of non-ortho nitro benzene ring substituents is 1. The molecule has 4 aromatic rings. The summed E-state index contributed by atoms with van der Waals surface area (Å²) in [6.07, 6.45) is 0. The number of fused-ring (bicyclic) bond motifs is 1. The van der Waals surface area contributed by atoms with Crippen molar-refractivity contribution in [3.63, 3.8) is 0 Å². The highest BCUT2D eigenvalue weighted by Crippen LogP contribution is 2.31. The molecular weight excluding hydrogens is 488 g/mol. The maximum Gasteiger partial charge on any atom is 0.270 e. The molecule has 1 unspecified atom stereocenters. The smallest absolute Gasteiger partial charge is 0.270 e. The van der Waals surface area contributed by atoms with Crippen LogP contribution in [0.5, 0.6) is 5.75 Å². The van der Waals surface area contributed by atoms with Crippen LogP contribution in [0.2, 0.25) is 0 Å². The van der Waals surface area contributed by atoms with Gasteiger partial charge in [0, 0.05) is 28.3 Å². The molecule has 2 amide bonds. The van der Waals surface area contributed by atoms with Crippen molar-refractivity contribution in [3.8, 4) is 5.75 Å². The van der Waals surface area contributed by atoms with Crippen molar-refractivity contribution >= 4 is 61.6 Å². The molecular formula is C24H20N4O5S2. The number of carbonyl (C=O) groups excluding carboxylic acids is 2. The van der Waals surface area contributed by atoms with Crippen molar-refractivity contribution in [1.82, 2.24) is 4.98 Å². The third kappa shape index (κ3) is 5.94. The zero-order chi connectivity index (χ0) is 24.9. The van der Waals surface area contributed by atoms with Crippen LogP contribution in [0.4, 0.5) is 16.5 Å². The molecule has 178 valence electrons. The van der Waals surface area contributed by atoms with Crippen molar-refractivity contribution in [2.45, 2.75) is 17.1 Å². The van der Waals surface area contributed by atoms with Crippen LogP contribution in [0, 0.1) is 10.1 Å². The topological polar surface area (TPSA) is 123 Å². The number of nitrogens with zero attached hydrogens (tertiary/aromatic N) is 2. The van der Waals surface area contributed by atoms with E-state index in [1.807, 2.05) is 24.3 Å². The first kappa shape index (κ1) is 24.2. The lowest BCUT2D eigenvalue weighted by Gasteiger charge is -2.12. The molecule has 0 bridgehead atoms. The number of methoxy groups -OCH3 is 1. The summed E-state index contributed by atoms with van der Waals surface area (Å²) in [6, 6.07) is 18.1. The van der Waals surface area contributed by atoms with E-state index < -0.39 is 16.1 Å². The van der Waals surface area contributed by atoms with Crippen LogP contribution in [0.25, 0.3) is 10.2 Å². The predicted octanol–water partition coefficient (Wildman–Crippen LogP) is 5.58. The second kappa shape index (κ2) is 10.5. The molecule has 35 heavy (non-hydrogen) atoms. The molecule has 0 aliphatic carbocycles. The molecule has 2 N–H and O–H groups in total. The Morgan fingerprint density at radius 3 is 2.66 bits per heavy atom. The Labute approximate surface area is 208 Å². The van der Waals surface area contributed by atoms with Crippen LogP contribution in [0.3, 0.4) is 0 Å². The standard InChI is InChI=1S/C24H20N4O5S2/c1-14(22(29)27-24-26-20-10-9-18(33-2)13-21(20)35-24)34-19-8-4-6-16(12-19)25-23(30)15-5-3-7-17(11-15)28(31)32/h3-14H,1-2H3,(H,25,30)(H,26,27,29). The average Bonchev–Trinajstić information content (AvgIpc) is 3.25. The van der Waals surface area contributed by atoms with E-state index in [-0.39, 0.29) is 17.2 Å². The SMILES string of the molecule is COc1ccc2nc(NC(=O)C(C)Sc3cccc(NC(=O)c4cccc([N+](=O)[O-])c4)c3)sc2c1. The molecule has 11 heteroatoms. The molecule has 9 nitrogen and oxygen atoms in total. The first-order valence-corrected chi connectivity index (χ1v) is 12.1. The summed E-state index contributed by atoms with van der Waals surface area (Å²) < 4.78 is 6.14. The Bertz CT molecular complexity index is 1420. The Morgan fingerprint density at radius 2 is 1.89 bits per heavy atom. The number of hydrogen-bond donors (Lipinski definition) is 2. The van der Waals surface area contributed by atoms with Crippen molar-refractivity contribution in [2.24, 2.45) is 0 Å². The molecule has 0 aliphatic heterocycles. The van der Waals surface area contributed by atoms with Crippen LogP contribution in [0.15, 0.2) is 71.6 Å². The van der Waals surface area contributed by atoms with Gasteiger partial charge < -0.3 is 15.4 Å². The second-order valence-corrected chi connectivity index (χ2v) is 9.84. The number of ether oxygens (including phenoxy) is 1. The summed E-state index contributed by atoms with van der Waals surface area (Å²) in [5.41, 5.74) is 1.31. The van der Waals surface area contributed by atoms with Crippen molar-refractivity contribution < 1.29 is 19.2 Å². The average molecular weight is 509 g/mol. The second-order valence-electron chi connectivity index (χ2n) is 7.39. The maximum atomic E-state index is 12.7. The van der Waals surface area contributed by atoms with Gasteiger partial charge in [-0.1, -0.05) is 23.5 Å². The summed E-state index contributed by atoms with van der Waals surface area (Å²) >= 11 is 2.70. The summed E-state index contributed by atoms with van der Waals surface area (Å²) in [7, 11) is 1.60. The Balaban J connectivity index is 1.39. The van der Waals surface area contributed by atoms with E-state index in [4.69, 9.17) is 4.74 Å². The normalized spacial score (nSPS) is 11.6. The van der Waals surface area contributed by atoms with Crippen LogP contribution < -0.4 is 15.4 Å². The first-order valence-electron chi connectivity index (χ1n) is 10.4. The first-order chi connectivity index (χ1) is 16.8. The van der Waals surface area contributed by atoms with E-state index >= 15 is 0 Å². The zero-order valence-corrected chi connectivity index (χ0v) is 20.3. The van der Waals surface area contributed by atoms with Gasteiger partial charge in [0.25, 0.3) is 11.6 Å². The van der Waals surface area contributed by atoms with E-state index in [1.165, 1.54) is 47.4 Å². The molecule has 1 atom stereocenters. The lowest BCUT2D eigenvalue weighted by Crippen LogP contribution is -2.22. The summed E-state index contributed by atoms with van der Waals surface area (Å²) in [4.78, 5) is 40.9. The maximum absolute atomic E-state index is 12.7. The quantitative estimate of drug-likeness (QED) is 0.181. The number of nitro groups is 1. The van der Waals surface area contributed by atoms with E-state index in [0.29, 0.717) is 10.8 Å². The van der Waals surface area contributed by atoms with Gasteiger partial charge in [-0.2, -0.15) is 0 Å². The Kier molecular flexibility index (Phi) is 7.28. The molecule has 0 aliphatic rings. The number of aromatic nitrogens is 1. The zero-order valence-electron chi connectivity index (χ0n) is 18.7. The van der Waals surface area contributed by atoms with Gasteiger partial charge in [-0.25, -0.2) is 4.98 Å². The lowest BCUT2D eigenvalue weighted by atomic mass is 10.2. The van der Waals surface area contributed by atoms with Gasteiger partial charge in [0.2, 0.25) is 5.91 Å². The molecule has 4 rings (SSSR count). The summed E-state index contributed by atoms with van der Waals surface area (Å²) in [5, 5.41) is 16.6. The third-order valence-corrected chi connectivity index (χ3v) is 6.95. The van der Waals surface area contributed by atoms with E-state index in [2.05, 4.69) is 15.6 Å². The largest absolute Gasteiger partial charge is 0.497 e. The van der Waals surface area contributed by atoms with Gasteiger partial charge in [-0.05, 0) is 49.4 Å². The number of anilines is 2. The van der Waals surface area contributed by atoms with Crippen molar-refractivity contribution in [2.75, 3.05) is 17.7 Å². The number of nitro benzene ring substituents is 1. The van der Waals surface area contributed by atoms with Crippen molar-refractivity contribution in [1.29, 1.82) is 0 Å². The fourth-order valence-corrected chi connectivity index (χ4v) is 4.98. The molecule has 0 fully saturated rings. The highest BCUT2D eigenvalue weighted by atomic mass is 32.2. The highest BCUT2D eigenvalue weighted by molar-refractivity contribution is 8.00. The van der Waals surface area contributed by atoms with E-state index in [1.54, 1.807) is 32.2 Å². The monoisotopic (exact) mass is 508 g/mol. The number of thioether (sulfide) groups is 1. The number of hydrogen-bond acceptors (Lipinski definition) is 8. The lowest BCUT2D eigenvalue weighted by molar-refractivity contribution is -0.384. The van der Waals surface area contributed by atoms with Crippen LogP contribution >= 0.6 is 23.1 Å². The molecule has 0 saturated heterocycles. The van der Waals surface area contributed by atoms with Crippen LogP contribution in [-0.4, -0.2) is 34.1 Å². The highest BCUT2D eigenvalue weighted by Gasteiger charge is 2.17. The minimum atomic E-state index is -0.550. The van der Waals surface area contributed by atoms with E-state index in [0.717, 1.165) is 20.9 Å². The number of amides is 2. The van der Waals surface area contributed by atoms with Gasteiger partial charge in [-0.3, -0.25) is 19.7 Å². The number of rotatable bonds is 8. The van der Waals surface area contributed by atoms with Gasteiger partial charge in [0.15, 0.2) is 5.13 Å². The van der Waals surface area contributed by atoms with Gasteiger partial charge in [-0.15, -0.1) is 11.8 Å². The predicted molar refractivity (Wildman–Crippen MR) is 138 cm³/mol. The minimum Gasteiger partial charge on any atom is -0.497 e. The molecule has 0 saturated carbocycles. The molecule has 0 radical (unpaired) electrons.